The lowest BCUT2D eigenvalue weighted by Crippen LogP contribution is -2.07. The van der Waals surface area contributed by atoms with Gasteiger partial charge in [0.15, 0.2) is 29.7 Å². The average molecular weight is 1170 g/mol. The van der Waals surface area contributed by atoms with Crippen LogP contribution in [0.25, 0.3) is 38.3 Å². The van der Waals surface area contributed by atoms with Crippen molar-refractivity contribution >= 4 is 77.3 Å². The quantitative estimate of drug-likeness (QED) is 0.0289. The highest BCUT2D eigenvalue weighted by Crippen LogP contribution is 2.36. The first-order valence-corrected chi connectivity index (χ1v) is 29.6. The van der Waals surface area contributed by atoms with Crippen LogP contribution in [-0.4, -0.2) is 72.4 Å². The van der Waals surface area contributed by atoms with Crippen LogP contribution in [0.3, 0.4) is 0 Å². The largest absolute Gasteiger partial charge is 0.454 e. The number of nitrogens with zero attached hydrogens (tertiary/aromatic N) is 7. The number of azide groups is 1. The van der Waals surface area contributed by atoms with E-state index in [4.69, 9.17) is 59.1 Å². The minimum Gasteiger partial charge on any atom is -0.454 e. The summed E-state index contributed by atoms with van der Waals surface area (Å²) in [6.07, 6.45) is 0. The number of allylic oxidation sites excluding steroid dienone is 1. The molecule has 0 aliphatic carbocycles. The molecule has 13 nitrogen and oxygen atoms in total. The number of aliphatic imine (C=N–C) groups is 2. The van der Waals surface area contributed by atoms with E-state index in [1.165, 1.54) is 22.3 Å². The van der Waals surface area contributed by atoms with Crippen molar-refractivity contribution in [1.82, 2.24) is 10.3 Å². The maximum atomic E-state index is 13.2. The van der Waals surface area contributed by atoms with E-state index in [1.807, 2.05) is 54.6 Å². The van der Waals surface area contributed by atoms with Gasteiger partial charge in [0.1, 0.15) is 0 Å². The molecular weight excluding hydrogens is 1110 g/mol. The van der Waals surface area contributed by atoms with Crippen molar-refractivity contribution in [2.75, 3.05) is 33.1 Å². The van der Waals surface area contributed by atoms with Crippen molar-refractivity contribution in [3.05, 3.63) is 274 Å². The Morgan fingerprint density at radius 2 is 1.00 bits per heavy atom. The van der Waals surface area contributed by atoms with Gasteiger partial charge < -0.3 is 13.8 Å². The first kappa shape index (κ1) is 59.6. The number of aryl methyl sites for hydroxylation is 2. The third-order valence-electron chi connectivity index (χ3n) is 12.8. The molecule has 17 heteroatoms. The van der Waals surface area contributed by atoms with E-state index in [1.54, 1.807) is 111 Å². The molecule has 2 aliphatic heterocycles. The fourth-order valence-corrected chi connectivity index (χ4v) is 9.47. The molecule has 7 aromatic carbocycles. The molecule has 4 heterocycles. The second kappa shape index (κ2) is 28.2. The number of carbonyl (C=O) groups excluding carboxylic acids is 3. The van der Waals surface area contributed by atoms with Gasteiger partial charge in [-0.05, 0) is 141 Å². The third-order valence-corrected chi connectivity index (χ3v) is 13.6. The number of fused-ring (bicyclic) bond motifs is 2. The SMILES string of the molecule is CC1=NCC2=C1c1ccccc1C(c1ccc(Cl)cc1)=NC2.CP(C)C.Cc1noc(CN=[N+]=[N-])c1-c1ccccc1C(=O)c1ccc(Cl)cc1.Cc1noc(COC(=O)c2ccccc2)c1-c1ccccc1C(=O)c1ccc(Cl)cc1. The summed E-state index contributed by atoms with van der Waals surface area (Å²) < 4.78 is 16.1. The molecule has 2 aromatic heterocycles. The lowest BCUT2D eigenvalue weighted by molar-refractivity contribution is 0.0438. The number of ether oxygens (including phenoxy) is 1. The molecule has 0 atom stereocenters. The number of aromatic nitrogens is 2. The van der Waals surface area contributed by atoms with Gasteiger partial charge in [-0.25, -0.2) is 4.79 Å². The van der Waals surface area contributed by atoms with Crippen LogP contribution in [-0.2, 0) is 17.9 Å². The van der Waals surface area contributed by atoms with E-state index in [0.717, 1.165) is 28.6 Å². The van der Waals surface area contributed by atoms with E-state index < -0.39 is 5.97 Å². The summed E-state index contributed by atoms with van der Waals surface area (Å²) >= 11 is 17.9. The summed E-state index contributed by atoms with van der Waals surface area (Å²) in [7, 11) is 0.380. The van der Waals surface area contributed by atoms with Gasteiger partial charge >= 0.3 is 5.97 Å². The van der Waals surface area contributed by atoms with E-state index in [-0.39, 0.29) is 24.7 Å². The topological polar surface area (TPSA) is 186 Å². The minimum atomic E-state index is -0.467. The zero-order valence-corrected chi connectivity index (χ0v) is 48.9. The van der Waals surface area contributed by atoms with Crippen LogP contribution in [0.5, 0.6) is 0 Å². The molecule has 11 rings (SSSR count). The highest BCUT2D eigenvalue weighted by molar-refractivity contribution is 7.55. The zero-order valence-electron chi connectivity index (χ0n) is 45.7. The summed E-state index contributed by atoms with van der Waals surface area (Å²) in [6.45, 7) is 13.7. The van der Waals surface area contributed by atoms with Crippen molar-refractivity contribution in [3.63, 3.8) is 0 Å². The van der Waals surface area contributed by atoms with Gasteiger partial charge in [0.25, 0.3) is 0 Å². The van der Waals surface area contributed by atoms with Crippen LogP contribution in [0.4, 0.5) is 0 Å². The van der Waals surface area contributed by atoms with E-state index >= 15 is 0 Å². The smallest absolute Gasteiger partial charge is 0.338 e. The molecule has 82 heavy (non-hydrogen) atoms. The van der Waals surface area contributed by atoms with Gasteiger partial charge in [-0.2, -0.15) is 0 Å². The zero-order chi connectivity index (χ0) is 58.3. The normalized spacial score (nSPS) is 12.1. The number of halogens is 3. The first-order chi connectivity index (χ1) is 39.6. The van der Waals surface area contributed by atoms with Crippen molar-refractivity contribution in [2.45, 2.75) is 33.9 Å². The Labute approximate surface area is 491 Å². The molecule has 412 valence electrons. The fraction of sp³-hybridized carbons (Fsp3) is 0.154. The second-order valence-corrected chi connectivity index (χ2v) is 23.2. The predicted octanol–water partition coefficient (Wildman–Crippen LogP) is 17.0. The Morgan fingerprint density at radius 3 is 1.52 bits per heavy atom. The number of ketones is 2. The summed E-state index contributed by atoms with van der Waals surface area (Å²) in [5.74, 6) is 0.0404. The Kier molecular flexibility index (Phi) is 20.5. The standard InChI is InChI=1S/C25H18ClNO4.C19H15ClN2.C18H13ClN4O2.C3H9P/c1-16-23(22(31-27-16)15-30-25(29)18-7-3-2-4-8-18)20-9-5-6-10-21(20)24(28)17-11-13-19(26)14-12-17;1-12-18-14(10-21-12)11-22-19(13-6-8-15(20)9-7-13)17-5-3-2-4-16(17)18;1-11-17(16(25-22-11)10-21-23-20)14-4-2-3-5-15(14)18(24)12-6-8-13(19)9-7-12;1-4(2)3/h2-14H,15H2,1H3;2-9H,10-11H2,1H3;2-9H,10H2,1H3;1-3H3. The first-order valence-electron chi connectivity index (χ1n) is 25.8. The highest BCUT2D eigenvalue weighted by atomic mass is 35.5. The molecule has 0 spiro atoms. The Bertz CT molecular complexity index is 3900. The number of benzene rings is 7. The average Bonchev–Trinajstić information content (AvgIpc) is 4.20. The lowest BCUT2D eigenvalue weighted by atomic mass is 9.91. The van der Waals surface area contributed by atoms with Crippen LogP contribution < -0.4 is 0 Å². The van der Waals surface area contributed by atoms with Crippen molar-refractivity contribution in [1.29, 1.82) is 0 Å². The Morgan fingerprint density at radius 1 is 0.561 bits per heavy atom. The van der Waals surface area contributed by atoms with Crippen LogP contribution in [0.1, 0.15) is 88.7 Å². The van der Waals surface area contributed by atoms with E-state index in [2.05, 4.69) is 76.5 Å². The number of hydrogen-bond donors (Lipinski definition) is 0. The number of carbonyl (C=O) groups is 3. The van der Waals surface area contributed by atoms with Gasteiger partial charge in [0, 0.05) is 70.2 Å². The highest BCUT2D eigenvalue weighted by Gasteiger charge is 2.26. The Balaban J connectivity index is 0.000000158. The molecule has 0 saturated carbocycles. The summed E-state index contributed by atoms with van der Waals surface area (Å²) in [5, 5.41) is 13.4. The van der Waals surface area contributed by atoms with Crippen LogP contribution in [0.2, 0.25) is 15.1 Å². The van der Waals surface area contributed by atoms with Crippen LogP contribution in [0.15, 0.2) is 206 Å². The predicted molar refractivity (Wildman–Crippen MR) is 330 cm³/mol. The molecule has 0 fully saturated rings. The minimum absolute atomic E-state index is 0.0240. The molecule has 9 aromatic rings. The summed E-state index contributed by atoms with van der Waals surface area (Å²) in [6, 6.07) is 52.9. The Hall–Kier alpha value is -8.54. The molecule has 0 saturated heterocycles. The monoisotopic (exact) mass is 1170 g/mol. The van der Waals surface area contributed by atoms with Crippen LogP contribution >= 0.6 is 42.7 Å². The van der Waals surface area contributed by atoms with Gasteiger partial charge in [0.2, 0.25) is 0 Å². The van der Waals surface area contributed by atoms with Crippen molar-refractivity contribution in [2.24, 2.45) is 15.1 Å². The van der Waals surface area contributed by atoms with E-state index in [0.29, 0.717) is 97.5 Å². The summed E-state index contributed by atoms with van der Waals surface area (Å²) in [5.41, 5.74) is 23.2. The second-order valence-electron chi connectivity index (χ2n) is 19.2. The van der Waals surface area contributed by atoms with Crippen LogP contribution in [0, 0.1) is 13.8 Å². The number of rotatable bonds is 12. The van der Waals surface area contributed by atoms with Gasteiger partial charge in [-0.15, -0.1) is 7.92 Å². The fourth-order valence-electron chi connectivity index (χ4n) is 9.09. The van der Waals surface area contributed by atoms with Crippen molar-refractivity contribution in [3.8, 4) is 22.3 Å². The maximum Gasteiger partial charge on any atom is 0.338 e. The molecular formula is C65H55Cl3N7O6P. The third kappa shape index (κ3) is 14.7. The lowest BCUT2D eigenvalue weighted by Gasteiger charge is -2.12. The molecule has 0 bridgehead atoms. The number of hydrogen-bond acceptors (Lipinski definition) is 11. The van der Waals surface area contributed by atoms with Gasteiger partial charge in [0.05, 0.1) is 47.9 Å². The molecule has 0 amide bonds. The summed E-state index contributed by atoms with van der Waals surface area (Å²) in [4.78, 5) is 50.6. The van der Waals surface area contributed by atoms with E-state index in [9.17, 15) is 14.4 Å². The molecule has 0 unspecified atom stereocenters. The van der Waals surface area contributed by atoms with Crippen molar-refractivity contribution < 1.29 is 28.2 Å². The molecule has 0 N–H and O–H groups in total. The van der Waals surface area contributed by atoms with Gasteiger partial charge in [-0.3, -0.25) is 19.6 Å². The number of esters is 1. The molecule has 0 radical (unpaired) electrons. The maximum absolute atomic E-state index is 13.2. The molecule has 2 aliphatic rings. The van der Waals surface area contributed by atoms with Gasteiger partial charge in [-0.1, -0.05) is 153 Å².